The predicted molar refractivity (Wildman–Crippen MR) is 75.0 cm³/mol. The summed E-state index contributed by atoms with van der Waals surface area (Å²) in [6, 6.07) is 8.28. The average molecular weight is 248 g/mol. The van der Waals surface area contributed by atoms with E-state index in [1.54, 1.807) is 0 Å². The first-order valence-electron chi connectivity index (χ1n) is 6.93. The van der Waals surface area contributed by atoms with Gasteiger partial charge in [0.15, 0.2) is 0 Å². The fraction of sp³-hybridized carbons (Fsp3) is 0.600. The third-order valence-corrected chi connectivity index (χ3v) is 3.58. The summed E-state index contributed by atoms with van der Waals surface area (Å²) in [5.41, 5.74) is 6.88. The van der Waals surface area contributed by atoms with Crippen molar-refractivity contribution in [2.45, 2.75) is 31.8 Å². The van der Waals surface area contributed by atoms with Gasteiger partial charge in [0.1, 0.15) is 5.75 Å². The molecule has 3 heteroatoms. The second-order valence-corrected chi connectivity index (χ2v) is 5.12. The van der Waals surface area contributed by atoms with Gasteiger partial charge < -0.3 is 15.4 Å². The Kier molecular flexibility index (Phi) is 5.02. The van der Waals surface area contributed by atoms with E-state index in [9.17, 15) is 0 Å². The smallest absolute Gasteiger partial charge is 0.122 e. The van der Waals surface area contributed by atoms with Crippen LogP contribution in [0.3, 0.4) is 0 Å². The molecule has 0 radical (unpaired) electrons. The summed E-state index contributed by atoms with van der Waals surface area (Å²) in [6.45, 7) is 2.99. The van der Waals surface area contributed by atoms with Crippen LogP contribution in [0.1, 0.15) is 24.8 Å². The Balaban J connectivity index is 1.99. The summed E-state index contributed by atoms with van der Waals surface area (Å²) in [7, 11) is 2.19. The Labute approximate surface area is 110 Å². The second-order valence-electron chi connectivity index (χ2n) is 5.12. The van der Waals surface area contributed by atoms with Crippen LogP contribution < -0.4 is 10.5 Å². The molecule has 0 spiro atoms. The highest BCUT2D eigenvalue weighted by molar-refractivity contribution is 5.33. The third kappa shape index (κ3) is 3.72. The zero-order valence-corrected chi connectivity index (χ0v) is 11.3. The van der Waals surface area contributed by atoms with Gasteiger partial charge in [0.05, 0.1) is 6.10 Å². The molecule has 1 aromatic rings. The summed E-state index contributed by atoms with van der Waals surface area (Å²) < 4.78 is 6.19. The molecule has 1 aromatic carbocycles. The zero-order chi connectivity index (χ0) is 12.8. The molecule has 0 amide bonds. The fourth-order valence-corrected chi connectivity index (χ4v) is 2.49. The first-order valence-corrected chi connectivity index (χ1v) is 6.93. The minimum absolute atomic E-state index is 0.355. The number of ether oxygens (including phenoxy) is 1. The van der Waals surface area contributed by atoms with Gasteiger partial charge in [-0.3, -0.25) is 0 Å². The number of nitrogens with two attached hydrogens (primary N) is 1. The van der Waals surface area contributed by atoms with Crippen LogP contribution in [0.15, 0.2) is 24.3 Å². The average Bonchev–Trinajstić information content (AvgIpc) is 2.57. The molecule has 0 aliphatic carbocycles. The van der Waals surface area contributed by atoms with E-state index in [1.165, 1.54) is 18.5 Å². The number of likely N-dealkylation sites (tertiary alicyclic amines) is 1. The van der Waals surface area contributed by atoms with E-state index < -0.39 is 0 Å². The van der Waals surface area contributed by atoms with Crippen molar-refractivity contribution in [3.8, 4) is 5.75 Å². The van der Waals surface area contributed by atoms with Gasteiger partial charge in [-0.1, -0.05) is 18.2 Å². The van der Waals surface area contributed by atoms with Crippen molar-refractivity contribution in [1.29, 1.82) is 0 Å². The fourth-order valence-electron chi connectivity index (χ4n) is 2.49. The van der Waals surface area contributed by atoms with E-state index in [1.807, 2.05) is 6.07 Å². The van der Waals surface area contributed by atoms with E-state index in [2.05, 4.69) is 30.1 Å². The molecule has 0 aromatic heterocycles. The Bertz CT molecular complexity index is 367. The number of nitrogens with zero attached hydrogens (tertiary/aromatic N) is 1. The Morgan fingerprint density at radius 1 is 1.28 bits per heavy atom. The maximum Gasteiger partial charge on any atom is 0.122 e. The summed E-state index contributed by atoms with van der Waals surface area (Å²) >= 11 is 0. The molecule has 100 valence electrons. The molecular weight excluding hydrogens is 224 g/mol. The van der Waals surface area contributed by atoms with Crippen LogP contribution in [0.2, 0.25) is 0 Å². The Morgan fingerprint density at radius 3 is 2.94 bits per heavy atom. The van der Waals surface area contributed by atoms with E-state index >= 15 is 0 Å². The number of hydrogen-bond donors (Lipinski definition) is 1. The maximum atomic E-state index is 6.19. The van der Waals surface area contributed by atoms with E-state index in [0.29, 0.717) is 12.6 Å². The first kappa shape index (κ1) is 13.4. The SMILES string of the molecule is CN1CCCC(Oc2ccccc2CCN)CC1. The standard InChI is InChI=1S/C15H24N2O/c1-17-11-4-6-14(9-12-17)18-15-7-3-2-5-13(15)8-10-16/h2-3,5,7,14H,4,6,8-12,16H2,1H3. The number of benzene rings is 1. The lowest BCUT2D eigenvalue weighted by Crippen LogP contribution is -2.22. The molecule has 18 heavy (non-hydrogen) atoms. The van der Waals surface area contributed by atoms with Crippen LogP contribution in [-0.4, -0.2) is 37.7 Å². The van der Waals surface area contributed by atoms with Crippen molar-refractivity contribution in [3.05, 3.63) is 29.8 Å². The van der Waals surface area contributed by atoms with Gasteiger partial charge >= 0.3 is 0 Å². The second kappa shape index (κ2) is 6.76. The van der Waals surface area contributed by atoms with Crippen molar-refractivity contribution in [1.82, 2.24) is 4.90 Å². The monoisotopic (exact) mass is 248 g/mol. The molecular formula is C15H24N2O. The first-order chi connectivity index (χ1) is 8.79. The molecule has 1 unspecified atom stereocenters. The molecule has 0 bridgehead atoms. The Morgan fingerprint density at radius 2 is 2.11 bits per heavy atom. The summed E-state index contributed by atoms with van der Waals surface area (Å²) in [4.78, 5) is 2.38. The predicted octanol–water partition coefficient (Wildman–Crippen LogP) is 2.05. The number of para-hydroxylation sites is 1. The lowest BCUT2D eigenvalue weighted by Gasteiger charge is -2.19. The van der Waals surface area contributed by atoms with Crippen molar-refractivity contribution in [2.24, 2.45) is 5.73 Å². The van der Waals surface area contributed by atoms with Crippen LogP contribution in [-0.2, 0) is 6.42 Å². The van der Waals surface area contributed by atoms with Crippen molar-refractivity contribution in [2.75, 3.05) is 26.7 Å². The largest absolute Gasteiger partial charge is 0.490 e. The van der Waals surface area contributed by atoms with Crippen LogP contribution in [0.5, 0.6) is 5.75 Å². The van der Waals surface area contributed by atoms with Gasteiger partial charge in [-0.15, -0.1) is 0 Å². The van der Waals surface area contributed by atoms with Gasteiger partial charge in [0.2, 0.25) is 0 Å². The highest BCUT2D eigenvalue weighted by atomic mass is 16.5. The highest BCUT2D eigenvalue weighted by Gasteiger charge is 2.17. The number of hydrogen-bond acceptors (Lipinski definition) is 3. The van der Waals surface area contributed by atoms with Gasteiger partial charge in [-0.05, 0) is 57.5 Å². The topological polar surface area (TPSA) is 38.5 Å². The molecule has 1 aliphatic rings. The van der Waals surface area contributed by atoms with Crippen molar-refractivity contribution < 1.29 is 4.74 Å². The summed E-state index contributed by atoms with van der Waals surface area (Å²) in [6.07, 6.45) is 4.74. The lowest BCUT2D eigenvalue weighted by molar-refractivity contribution is 0.181. The molecule has 1 aliphatic heterocycles. The van der Waals surface area contributed by atoms with Crippen LogP contribution in [0.4, 0.5) is 0 Å². The van der Waals surface area contributed by atoms with Gasteiger partial charge in [-0.25, -0.2) is 0 Å². The van der Waals surface area contributed by atoms with Crippen molar-refractivity contribution in [3.63, 3.8) is 0 Å². The van der Waals surface area contributed by atoms with Crippen LogP contribution in [0.25, 0.3) is 0 Å². The molecule has 3 nitrogen and oxygen atoms in total. The molecule has 1 heterocycles. The quantitative estimate of drug-likeness (QED) is 0.886. The molecule has 1 fully saturated rings. The molecule has 2 rings (SSSR count). The van der Waals surface area contributed by atoms with E-state index in [0.717, 1.165) is 31.6 Å². The summed E-state index contributed by atoms with van der Waals surface area (Å²) in [5, 5.41) is 0. The van der Waals surface area contributed by atoms with Gasteiger partial charge in [0.25, 0.3) is 0 Å². The third-order valence-electron chi connectivity index (χ3n) is 3.58. The zero-order valence-electron chi connectivity index (χ0n) is 11.3. The van der Waals surface area contributed by atoms with Gasteiger partial charge in [0, 0.05) is 6.54 Å². The van der Waals surface area contributed by atoms with Crippen molar-refractivity contribution >= 4 is 0 Å². The summed E-state index contributed by atoms with van der Waals surface area (Å²) in [5.74, 6) is 1.03. The number of rotatable bonds is 4. The highest BCUT2D eigenvalue weighted by Crippen LogP contribution is 2.23. The minimum Gasteiger partial charge on any atom is -0.490 e. The lowest BCUT2D eigenvalue weighted by atomic mass is 10.1. The van der Waals surface area contributed by atoms with E-state index in [4.69, 9.17) is 10.5 Å². The molecule has 1 atom stereocenters. The van der Waals surface area contributed by atoms with Crippen LogP contribution >= 0.6 is 0 Å². The Hall–Kier alpha value is -1.06. The normalized spacial score (nSPS) is 21.6. The minimum atomic E-state index is 0.355. The molecule has 2 N–H and O–H groups in total. The van der Waals surface area contributed by atoms with E-state index in [-0.39, 0.29) is 0 Å². The van der Waals surface area contributed by atoms with Gasteiger partial charge in [-0.2, -0.15) is 0 Å². The molecule has 1 saturated heterocycles. The molecule has 0 saturated carbocycles. The maximum absolute atomic E-state index is 6.19. The van der Waals surface area contributed by atoms with Crippen LogP contribution in [0, 0.1) is 0 Å².